The molecule has 0 amide bonds. The fourth-order valence-corrected chi connectivity index (χ4v) is 6.98. The number of hydrogen-bond acceptors (Lipinski definition) is 4. The summed E-state index contributed by atoms with van der Waals surface area (Å²) in [5.74, 6) is 2.93. The molecule has 0 heterocycles. The minimum atomic E-state index is -0.384. The molecule has 0 unspecified atom stereocenters. The van der Waals surface area contributed by atoms with E-state index >= 15 is 0 Å². The lowest BCUT2D eigenvalue weighted by molar-refractivity contribution is -0.0258. The summed E-state index contributed by atoms with van der Waals surface area (Å²) in [6.07, 6.45) is 5.07. The monoisotopic (exact) mass is 407 g/mol. The van der Waals surface area contributed by atoms with Crippen LogP contribution >= 0.6 is 0 Å². The van der Waals surface area contributed by atoms with Crippen molar-refractivity contribution < 1.29 is 14.9 Å². The predicted molar refractivity (Wildman–Crippen MR) is 119 cm³/mol. The van der Waals surface area contributed by atoms with Gasteiger partial charge in [-0.2, -0.15) is 0 Å². The summed E-state index contributed by atoms with van der Waals surface area (Å²) in [7, 11) is 3.75. The third-order valence-electron chi connectivity index (χ3n) is 8.67. The molecular formula is C26H33NO3. The minimum Gasteiger partial charge on any atom is -0.506 e. The number of aliphatic hydroxyl groups is 1. The number of fused-ring (bicyclic) bond motifs is 5. The van der Waals surface area contributed by atoms with Crippen LogP contribution in [0.2, 0.25) is 0 Å². The van der Waals surface area contributed by atoms with E-state index < -0.39 is 0 Å². The maximum atomic E-state index is 11.5. The number of nitrogens with zero attached hydrogens (tertiary/aromatic N) is 1. The van der Waals surface area contributed by atoms with Gasteiger partial charge in [-0.25, -0.2) is 0 Å². The molecule has 4 nitrogen and oxygen atoms in total. The van der Waals surface area contributed by atoms with Crippen molar-refractivity contribution >= 4 is 5.69 Å². The Labute approximate surface area is 179 Å². The van der Waals surface area contributed by atoms with E-state index in [9.17, 15) is 10.2 Å². The molecule has 2 saturated carbocycles. The summed E-state index contributed by atoms with van der Waals surface area (Å²) >= 11 is 0. The lowest BCUT2D eigenvalue weighted by Gasteiger charge is -2.50. The Kier molecular flexibility index (Phi) is 4.73. The number of rotatable bonds is 3. The normalized spacial score (nSPS) is 34.6. The quantitative estimate of drug-likeness (QED) is 0.772. The van der Waals surface area contributed by atoms with Crippen LogP contribution in [-0.2, 0) is 6.42 Å². The topological polar surface area (TPSA) is 52.9 Å². The van der Waals surface area contributed by atoms with Crippen molar-refractivity contribution in [2.45, 2.75) is 57.1 Å². The van der Waals surface area contributed by atoms with Gasteiger partial charge in [0, 0.05) is 7.05 Å². The Morgan fingerprint density at radius 3 is 2.70 bits per heavy atom. The van der Waals surface area contributed by atoms with Crippen LogP contribution < -0.4 is 9.64 Å². The molecule has 4 heteroatoms. The number of ether oxygens (including phenoxy) is 1. The van der Waals surface area contributed by atoms with Crippen molar-refractivity contribution in [3.05, 3.63) is 53.6 Å². The number of benzene rings is 2. The van der Waals surface area contributed by atoms with Gasteiger partial charge in [0.05, 0.1) is 24.9 Å². The molecule has 160 valence electrons. The van der Waals surface area contributed by atoms with E-state index in [1.807, 2.05) is 25.2 Å². The second kappa shape index (κ2) is 7.19. The fraction of sp³-hybridized carbons (Fsp3) is 0.538. The van der Waals surface area contributed by atoms with E-state index in [0.29, 0.717) is 17.8 Å². The van der Waals surface area contributed by atoms with Crippen LogP contribution in [0.25, 0.3) is 0 Å². The highest BCUT2D eigenvalue weighted by Crippen LogP contribution is 2.61. The minimum absolute atomic E-state index is 0.0318. The first-order chi connectivity index (χ1) is 14.4. The SMILES string of the molecule is COc1ccc2c(c1)CC[C@@H]1[C@@H]2CC[C@@]2(C)[C@@H](O)[C@@H](N(C)c3ccccc3O)C[C@@H]12. The summed E-state index contributed by atoms with van der Waals surface area (Å²) in [6, 6.07) is 14.1. The van der Waals surface area contributed by atoms with E-state index in [1.54, 1.807) is 13.2 Å². The molecule has 2 N–H and O–H groups in total. The molecule has 0 bridgehead atoms. The van der Waals surface area contributed by atoms with Crippen molar-refractivity contribution in [2.24, 2.45) is 17.3 Å². The van der Waals surface area contributed by atoms with Crippen molar-refractivity contribution in [3.63, 3.8) is 0 Å². The average molecular weight is 408 g/mol. The van der Waals surface area contributed by atoms with Crippen LogP contribution in [0.5, 0.6) is 11.5 Å². The van der Waals surface area contributed by atoms with Crippen molar-refractivity contribution in [1.29, 1.82) is 0 Å². The zero-order chi connectivity index (χ0) is 21.0. The summed E-state index contributed by atoms with van der Waals surface area (Å²) in [5, 5.41) is 21.8. The number of hydrogen-bond donors (Lipinski definition) is 2. The molecule has 2 aromatic carbocycles. The maximum Gasteiger partial charge on any atom is 0.138 e. The van der Waals surface area contributed by atoms with Gasteiger partial charge in [-0.1, -0.05) is 25.1 Å². The number of methoxy groups -OCH3 is 1. The Morgan fingerprint density at radius 2 is 1.93 bits per heavy atom. The molecule has 5 rings (SSSR count). The zero-order valence-electron chi connectivity index (χ0n) is 18.2. The predicted octanol–water partition coefficient (Wildman–Crippen LogP) is 4.73. The van der Waals surface area contributed by atoms with Gasteiger partial charge in [0.25, 0.3) is 0 Å². The van der Waals surface area contributed by atoms with Gasteiger partial charge in [-0.05, 0) is 90.7 Å². The number of phenolic OH excluding ortho intramolecular Hbond substituents is 1. The molecule has 0 spiro atoms. The van der Waals surface area contributed by atoms with Gasteiger partial charge < -0.3 is 19.8 Å². The zero-order valence-corrected chi connectivity index (χ0v) is 18.2. The highest BCUT2D eigenvalue weighted by Gasteiger charge is 2.58. The van der Waals surface area contributed by atoms with Gasteiger partial charge in [-0.15, -0.1) is 0 Å². The van der Waals surface area contributed by atoms with Crippen LogP contribution in [-0.4, -0.2) is 36.5 Å². The smallest absolute Gasteiger partial charge is 0.138 e. The molecule has 2 fully saturated rings. The summed E-state index contributed by atoms with van der Waals surface area (Å²) in [6.45, 7) is 2.31. The first-order valence-electron chi connectivity index (χ1n) is 11.3. The second-order valence-electron chi connectivity index (χ2n) is 9.87. The fourth-order valence-electron chi connectivity index (χ4n) is 6.98. The number of aliphatic hydroxyl groups excluding tert-OH is 1. The summed E-state index contributed by atoms with van der Waals surface area (Å²) in [5.41, 5.74) is 3.69. The third kappa shape index (κ3) is 2.84. The number of phenols is 1. The van der Waals surface area contributed by atoms with Crippen LogP contribution in [0.1, 0.15) is 49.7 Å². The number of anilines is 1. The Balaban J connectivity index is 1.45. The van der Waals surface area contributed by atoms with Crippen molar-refractivity contribution in [2.75, 3.05) is 19.1 Å². The van der Waals surface area contributed by atoms with Crippen molar-refractivity contribution in [1.82, 2.24) is 0 Å². The highest BCUT2D eigenvalue weighted by atomic mass is 16.5. The van der Waals surface area contributed by atoms with Gasteiger partial charge in [0.2, 0.25) is 0 Å². The number of likely N-dealkylation sites (N-methyl/N-ethyl adjacent to an activating group) is 1. The van der Waals surface area contributed by atoms with Gasteiger partial charge in [0.15, 0.2) is 0 Å². The molecule has 0 aromatic heterocycles. The molecule has 0 saturated heterocycles. The van der Waals surface area contributed by atoms with Crippen LogP contribution in [0.3, 0.4) is 0 Å². The molecule has 6 atom stereocenters. The van der Waals surface area contributed by atoms with Crippen LogP contribution in [0.15, 0.2) is 42.5 Å². The molecule has 3 aliphatic rings. The number of para-hydroxylation sites is 2. The Morgan fingerprint density at radius 1 is 1.13 bits per heavy atom. The molecule has 3 aliphatic carbocycles. The van der Waals surface area contributed by atoms with E-state index in [4.69, 9.17) is 4.74 Å². The summed E-state index contributed by atoms with van der Waals surface area (Å²) in [4.78, 5) is 2.11. The lowest BCUT2D eigenvalue weighted by atomic mass is 9.55. The van der Waals surface area contributed by atoms with Gasteiger partial charge in [-0.3, -0.25) is 0 Å². The van der Waals surface area contributed by atoms with E-state index in [1.165, 1.54) is 17.5 Å². The maximum absolute atomic E-state index is 11.5. The third-order valence-corrected chi connectivity index (χ3v) is 8.67. The lowest BCUT2D eigenvalue weighted by Crippen LogP contribution is -2.47. The second-order valence-corrected chi connectivity index (χ2v) is 9.87. The highest BCUT2D eigenvalue weighted by molar-refractivity contribution is 5.58. The Bertz CT molecular complexity index is 944. The number of aryl methyl sites for hydroxylation is 1. The van der Waals surface area contributed by atoms with Crippen LogP contribution in [0.4, 0.5) is 5.69 Å². The molecule has 0 radical (unpaired) electrons. The first-order valence-corrected chi connectivity index (χ1v) is 11.3. The molecule has 30 heavy (non-hydrogen) atoms. The molecule has 0 aliphatic heterocycles. The molecular weight excluding hydrogens is 374 g/mol. The van der Waals surface area contributed by atoms with E-state index in [2.05, 4.69) is 30.0 Å². The standard InChI is InChI=1S/C26H33NO3/c1-26-13-12-19-18-11-9-17(30-3)14-16(18)8-10-20(19)21(26)15-23(25(26)29)27(2)22-6-4-5-7-24(22)28/h4-7,9,11,14,19-21,23,25,28-29H,8,10,12-13,15H2,1-3H3/t19-,20-,21+,23+,25+,26-/m1/s1. The van der Waals surface area contributed by atoms with Crippen LogP contribution in [0, 0.1) is 17.3 Å². The molecule has 2 aromatic rings. The van der Waals surface area contributed by atoms with E-state index in [0.717, 1.165) is 37.1 Å². The Hall–Kier alpha value is -2.20. The van der Waals surface area contributed by atoms with Gasteiger partial charge in [0.1, 0.15) is 11.5 Å². The van der Waals surface area contributed by atoms with E-state index in [-0.39, 0.29) is 23.3 Å². The van der Waals surface area contributed by atoms with Gasteiger partial charge >= 0.3 is 0 Å². The first kappa shape index (κ1) is 19.7. The summed E-state index contributed by atoms with van der Waals surface area (Å²) < 4.78 is 5.45. The number of aromatic hydroxyl groups is 1. The largest absolute Gasteiger partial charge is 0.506 e. The van der Waals surface area contributed by atoms with Crippen molar-refractivity contribution in [3.8, 4) is 11.5 Å². The average Bonchev–Trinajstić information content (AvgIpc) is 3.04.